The highest BCUT2D eigenvalue weighted by atomic mass is 16.3. The lowest BCUT2D eigenvalue weighted by Gasteiger charge is -2.14. The third-order valence-electron chi connectivity index (χ3n) is 2.58. The summed E-state index contributed by atoms with van der Waals surface area (Å²) in [7, 11) is 0. The van der Waals surface area contributed by atoms with Crippen molar-refractivity contribution in [3.05, 3.63) is 23.7 Å². The van der Waals surface area contributed by atoms with Gasteiger partial charge in [-0.3, -0.25) is 0 Å². The van der Waals surface area contributed by atoms with Crippen LogP contribution in [0.5, 0.6) is 0 Å². The molecule has 0 aliphatic carbocycles. The van der Waals surface area contributed by atoms with Gasteiger partial charge in [0.05, 0.1) is 6.26 Å². The summed E-state index contributed by atoms with van der Waals surface area (Å²) in [6.07, 6.45) is 3.03. The van der Waals surface area contributed by atoms with Crippen LogP contribution in [0.4, 0.5) is 0 Å². The van der Waals surface area contributed by atoms with E-state index in [4.69, 9.17) is 4.42 Å². The number of furan rings is 1. The largest absolute Gasteiger partial charge is 0.469 e. The van der Waals surface area contributed by atoms with Crippen LogP contribution in [0.3, 0.4) is 0 Å². The fourth-order valence-electron chi connectivity index (χ4n) is 1.21. The van der Waals surface area contributed by atoms with Crippen molar-refractivity contribution in [2.45, 2.75) is 52.4 Å². The number of rotatable bonds is 2. The molecule has 74 valence electrons. The highest BCUT2D eigenvalue weighted by molar-refractivity contribution is 5.22. The van der Waals surface area contributed by atoms with Crippen LogP contribution in [-0.4, -0.2) is 0 Å². The Bertz CT molecular complexity index is 265. The molecule has 0 radical (unpaired) electrons. The first-order chi connectivity index (χ1) is 5.95. The maximum Gasteiger partial charge on any atom is 0.106 e. The zero-order chi connectivity index (χ0) is 10.1. The molecule has 1 aromatic rings. The van der Waals surface area contributed by atoms with Crippen molar-refractivity contribution >= 4 is 0 Å². The Balaban J connectivity index is 2.87. The molecule has 0 aliphatic heterocycles. The molecule has 1 heteroatoms. The van der Waals surface area contributed by atoms with Crippen LogP contribution in [0.25, 0.3) is 0 Å². The monoisotopic (exact) mass is 180 g/mol. The summed E-state index contributed by atoms with van der Waals surface area (Å²) in [5, 5.41) is 0. The van der Waals surface area contributed by atoms with Gasteiger partial charge in [0.1, 0.15) is 5.76 Å². The summed E-state index contributed by atoms with van der Waals surface area (Å²) in [4.78, 5) is 0. The average Bonchev–Trinajstić information content (AvgIpc) is 2.50. The maximum absolute atomic E-state index is 5.54. The summed E-state index contributed by atoms with van der Waals surface area (Å²) < 4.78 is 5.54. The molecule has 0 aliphatic rings. The van der Waals surface area contributed by atoms with E-state index in [9.17, 15) is 0 Å². The summed E-state index contributed by atoms with van der Waals surface area (Å²) in [5.74, 6) is 1.66. The summed E-state index contributed by atoms with van der Waals surface area (Å²) in [6, 6.07) is 2.19. The van der Waals surface area contributed by atoms with E-state index < -0.39 is 0 Å². The minimum Gasteiger partial charge on any atom is -0.469 e. The van der Waals surface area contributed by atoms with Gasteiger partial charge in [-0.1, -0.05) is 34.6 Å². The van der Waals surface area contributed by atoms with Crippen molar-refractivity contribution in [1.29, 1.82) is 0 Å². The third-order valence-corrected chi connectivity index (χ3v) is 2.58. The Labute approximate surface area is 81.1 Å². The molecule has 13 heavy (non-hydrogen) atoms. The lowest BCUT2D eigenvalue weighted by atomic mass is 9.88. The molecular formula is C12H20O. The van der Waals surface area contributed by atoms with Crippen LogP contribution in [0.2, 0.25) is 0 Å². The van der Waals surface area contributed by atoms with E-state index in [2.05, 4.69) is 40.7 Å². The van der Waals surface area contributed by atoms with Gasteiger partial charge in [-0.2, -0.15) is 0 Å². The Kier molecular flexibility index (Phi) is 2.84. The first-order valence-corrected chi connectivity index (χ1v) is 5.04. The topological polar surface area (TPSA) is 13.1 Å². The second kappa shape index (κ2) is 3.57. The first kappa shape index (κ1) is 10.4. The molecule has 0 N–H and O–H groups in total. The minimum absolute atomic E-state index is 0.204. The predicted octanol–water partition coefficient (Wildman–Crippen LogP) is 4.09. The molecule has 0 amide bonds. The van der Waals surface area contributed by atoms with Crippen molar-refractivity contribution < 1.29 is 4.42 Å². The zero-order valence-corrected chi connectivity index (χ0v) is 9.35. The van der Waals surface area contributed by atoms with Gasteiger partial charge in [0.15, 0.2) is 0 Å². The molecule has 1 aromatic heterocycles. The van der Waals surface area contributed by atoms with Crippen molar-refractivity contribution in [1.82, 2.24) is 0 Å². The Morgan fingerprint density at radius 2 is 2.00 bits per heavy atom. The number of hydrogen-bond donors (Lipinski definition) is 0. The van der Waals surface area contributed by atoms with Crippen molar-refractivity contribution in [2.75, 3.05) is 0 Å². The molecule has 0 aromatic carbocycles. The lowest BCUT2D eigenvalue weighted by molar-refractivity contribution is 0.463. The van der Waals surface area contributed by atoms with Gasteiger partial charge >= 0.3 is 0 Å². The van der Waals surface area contributed by atoms with Gasteiger partial charge in [-0.15, -0.1) is 0 Å². The molecule has 0 bridgehead atoms. The number of hydrogen-bond acceptors (Lipinski definition) is 1. The van der Waals surface area contributed by atoms with Crippen LogP contribution >= 0.6 is 0 Å². The zero-order valence-electron chi connectivity index (χ0n) is 9.35. The molecule has 0 saturated heterocycles. The van der Waals surface area contributed by atoms with Crippen LogP contribution in [-0.2, 0) is 5.41 Å². The van der Waals surface area contributed by atoms with E-state index in [1.165, 1.54) is 5.56 Å². The Hall–Kier alpha value is -0.720. The van der Waals surface area contributed by atoms with Gasteiger partial charge in [-0.05, 0) is 23.5 Å². The van der Waals surface area contributed by atoms with E-state index in [0.29, 0.717) is 5.92 Å². The van der Waals surface area contributed by atoms with Crippen molar-refractivity contribution in [2.24, 2.45) is 0 Å². The van der Waals surface area contributed by atoms with Crippen LogP contribution in [0.15, 0.2) is 16.7 Å². The molecule has 1 rings (SSSR count). The summed E-state index contributed by atoms with van der Waals surface area (Å²) in [5.41, 5.74) is 1.50. The standard InChI is InChI=1S/C12H20O/c1-6-9(2)11-7-10(8-13-11)12(3,4)5/h7-9H,6H2,1-5H3. The first-order valence-electron chi connectivity index (χ1n) is 5.04. The SMILES string of the molecule is CCC(C)c1cc(C(C)(C)C)co1. The molecule has 1 atom stereocenters. The lowest BCUT2D eigenvalue weighted by Crippen LogP contribution is -2.09. The highest BCUT2D eigenvalue weighted by Gasteiger charge is 2.18. The van der Waals surface area contributed by atoms with E-state index >= 15 is 0 Å². The summed E-state index contributed by atoms with van der Waals surface area (Å²) >= 11 is 0. The molecule has 0 spiro atoms. The third kappa shape index (κ3) is 2.36. The quantitative estimate of drug-likeness (QED) is 0.668. The van der Waals surface area contributed by atoms with Crippen LogP contribution in [0, 0.1) is 0 Å². The van der Waals surface area contributed by atoms with E-state index in [1.807, 2.05) is 6.26 Å². The second-order valence-electron chi connectivity index (χ2n) is 4.80. The predicted molar refractivity (Wildman–Crippen MR) is 56.1 cm³/mol. The average molecular weight is 180 g/mol. The molecule has 0 saturated carbocycles. The van der Waals surface area contributed by atoms with Crippen LogP contribution in [0.1, 0.15) is 58.3 Å². The summed E-state index contributed by atoms with van der Waals surface area (Å²) in [6.45, 7) is 11.0. The van der Waals surface area contributed by atoms with Gasteiger partial charge in [0.25, 0.3) is 0 Å². The Morgan fingerprint density at radius 1 is 1.38 bits per heavy atom. The van der Waals surface area contributed by atoms with Crippen molar-refractivity contribution in [3.63, 3.8) is 0 Å². The van der Waals surface area contributed by atoms with Crippen molar-refractivity contribution in [3.8, 4) is 0 Å². The Morgan fingerprint density at radius 3 is 2.38 bits per heavy atom. The highest BCUT2D eigenvalue weighted by Crippen LogP contribution is 2.28. The maximum atomic E-state index is 5.54. The molecule has 0 fully saturated rings. The van der Waals surface area contributed by atoms with Gasteiger partial charge in [0, 0.05) is 5.92 Å². The molecule has 1 heterocycles. The van der Waals surface area contributed by atoms with Gasteiger partial charge < -0.3 is 4.42 Å². The van der Waals surface area contributed by atoms with Crippen LogP contribution < -0.4 is 0 Å². The fraction of sp³-hybridized carbons (Fsp3) is 0.667. The molecule has 1 nitrogen and oxygen atoms in total. The van der Waals surface area contributed by atoms with Gasteiger partial charge in [0.2, 0.25) is 0 Å². The fourth-order valence-corrected chi connectivity index (χ4v) is 1.21. The molecular weight excluding hydrogens is 160 g/mol. The minimum atomic E-state index is 0.204. The normalized spacial score (nSPS) is 14.5. The van der Waals surface area contributed by atoms with Gasteiger partial charge in [-0.25, -0.2) is 0 Å². The van der Waals surface area contributed by atoms with E-state index in [1.54, 1.807) is 0 Å². The molecule has 1 unspecified atom stereocenters. The smallest absolute Gasteiger partial charge is 0.106 e. The van der Waals surface area contributed by atoms with E-state index in [0.717, 1.165) is 12.2 Å². The second-order valence-corrected chi connectivity index (χ2v) is 4.80. The van der Waals surface area contributed by atoms with E-state index in [-0.39, 0.29) is 5.41 Å².